The van der Waals surface area contributed by atoms with Crippen LogP contribution in [0.15, 0.2) is 18.2 Å². The Kier molecular flexibility index (Phi) is 4.09. The smallest absolute Gasteiger partial charge is 0.223 e. The molecule has 0 radical (unpaired) electrons. The van der Waals surface area contributed by atoms with E-state index in [0.717, 1.165) is 43.7 Å². The topological polar surface area (TPSA) is 50.4 Å². The molecule has 0 bridgehead atoms. The first kappa shape index (κ1) is 14.7. The van der Waals surface area contributed by atoms with Crippen LogP contribution in [0.25, 0.3) is 0 Å². The molecule has 2 fully saturated rings. The molecule has 4 nitrogen and oxygen atoms in total. The molecule has 1 atom stereocenters. The van der Waals surface area contributed by atoms with Gasteiger partial charge in [-0.05, 0) is 56.0 Å². The van der Waals surface area contributed by atoms with Crippen molar-refractivity contribution in [3.63, 3.8) is 0 Å². The van der Waals surface area contributed by atoms with Crippen molar-refractivity contribution in [2.24, 2.45) is 11.3 Å². The Balaban J connectivity index is 1.58. The number of carbonyl (C=O) groups excluding carboxylic acids is 1. The zero-order valence-electron chi connectivity index (χ0n) is 12.2. The van der Waals surface area contributed by atoms with Crippen molar-refractivity contribution in [2.75, 3.05) is 20.2 Å². The molecule has 1 aromatic carbocycles. The molecule has 114 valence electrons. The number of hydrogen-bond donors (Lipinski definition) is 2. The summed E-state index contributed by atoms with van der Waals surface area (Å²) in [7, 11) is 1.62. The highest BCUT2D eigenvalue weighted by Crippen LogP contribution is 2.58. The van der Waals surface area contributed by atoms with Gasteiger partial charge in [-0.2, -0.15) is 0 Å². The summed E-state index contributed by atoms with van der Waals surface area (Å²) < 4.78 is 5.30. The van der Waals surface area contributed by atoms with Crippen LogP contribution >= 0.6 is 11.6 Å². The summed E-state index contributed by atoms with van der Waals surface area (Å²) in [4.78, 5) is 12.3. The van der Waals surface area contributed by atoms with Crippen molar-refractivity contribution in [1.29, 1.82) is 0 Å². The minimum absolute atomic E-state index is 0.166. The van der Waals surface area contributed by atoms with E-state index in [9.17, 15) is 4.79 Å². The molecule has 3 rings (SSSR count). The summed E-state index contributed by atoms with van der Waals surface area (Å²) in [5.41, 5.74) is 1.19. The molecule has 0 aromatic heterocycles. The summed E-state index contributed by atoms with van der Waals surface area (Å²) in [5, 5.41) is 7.05. The predicted molar refractivity (Wildman–Crippen MR) is 82.5 cm³/mol. The summed E-state index contributed by atoms with van der Waals surface area (Å²) in [5.74, 6) is 1.11. The number of hydrogen-bond acceptors (Lipinski definition) is 3. The van der Waals surface area contributed by atoms with Crippen LogP contribution in [0, 0.1) is 11.3 Å². The van der Waals surface area contributed by atoms with E-state index in [1.807, 2.05) is 12.1 Å². The molecule has 21 heavy (non-hydrogen) atoms. The fourth-order valence-corrected chi connectivity index (χ4v) is 3.58. The maximum atomic E-state index is 12.3. The molecule has 1 saturated carbocycles. The summed E-state index contributed by atoms with van der Waals surface area (Å²) in [6, 6.07) is 5.46. The number of methoxy groups -OCH3 is 1. The lowest BCUT2D eigenvalue weighted by molar-refractivity contribution is -0.123. The normalized spacial score (nSPS) is 22.9. The van der Waals surface area contributed by atoms with E-state index in [2.05, 4.69) is 10.6 Å². The van der Waals surface area contributed by atoms with Gasteiger partial charge in [0, 0.05) is 23.0 Å². The van der Waals surface area contributed by atoms with Gasteiger partial charge >= 0.3 is 0 Å². The molecule has 5 heteroatoms. The Labute approximate surface area is 130 Å². The molecule has 1 spiro atoms. The van der Waals surface area contributed by atoms with Gasteiger partial charge in [-0.1, -0.05) is 11.6 Å². The van der Waals surface area contributed by atoms with Crippen LogP contribution in [0.3, 0.4) is 0 Å². The summed E-state index contributed by atoms with van der Waals surface area (Å²) >= 11 is 6.01. The third-order valence-corrected chi connectivity index (χ3v) is 5.04. The van der Waals surface area contributed by atoms with Crippen LogP contribution in [0.1, 0.15) is 24.8 Å². The number of nitrogens with one attached hydrogen (secondary N) is 2. The molecular formula is C16H21ClN2O2. The number of benzene rings is 1. The van der Waals surface area contributed by atoms with Gasteiger partial charge in [0.05, 0.1) is 7.11 Å². The molecule has 2 aliphatic rings. The molecule has 2 N–H and O–H groups in total. The molecule has 1 aromatic rings. The molecule has 1 aliphatic carbocycles. The molecule has 1 heterocycles. The molecule has 1 aliphatic heterocycles. The van der Waals surface area contributed by atoms with E-state index >= 15 is 0 Å². The molecule has 1 saturated heterocycles. The summed E-state index contributed by atoms with van der Waals surface area (Å²) in [6.07, 6.45) is 3.27. The minimum Gasteiger partial charge on any atom is -0.496 e. The average molecular weight is 309 g/mol. The SMILES string of the molecule is COc1ccc(Cl)cc1CNC(=O)C1CC12CCNCC2. The Morgan fingerprint density at radius 2 is 2.24 bits per heavy atom. The van der Waals surface area contributed by atoms with Crippen molar-refractivity contribution >= 4 is 17.5 Å². The standard InChI is InChI=1S/C16H21ClN2O2/c1-21-14-3-2-12(17)8-11(14)10-19-15(20)13-9-16(13)4-6-18-7-5-16/h2-3,8,13,18H,4-7,9-10H2,1H3,(H,19,20). The zero-order chi connectivity index (χ0) is 14.9. The van der Waals surface area contributed by atoms with Crippen LogP contribution in [0.4, 0.5) is 0 Å². The largest absolute Gasteiger partial charge is 0.496 e. The van der Waals surface area contributed by atoms with E-state index in [0.29, 0.717) is 11.6 Å². The monoisotopic (exact) mass is 308 g/mol. The second-order valence-corrected chi connectivity index (χ2v) is 6.48. The number of carbonyl (C=O) groups is 1. The third-order valence-electron chi connectivity index (χ3n) is 4.80. The Hall–Kier alpha value is -1.26. The second-order valence-electron chi connectivity index (χ2n) is 6.04. The Morgan fingerprint density at radius 3 is 2.95 bits per heavy atom. The van der Waals surface area contributed by atoms with E-state index < -0.39 is 0 Å². The quantitative estimate of drug-likeness (QED) is 0.898. The van der Waals surface area contributed by atoms with Crippen molar-refractivity contribution in [2.45, 2.75) is 25.8 Å². The van der Waals surface area contributed by atoms with Gasteiger partial charge in [0.15, 0.2) is 0 Å². The van der Waals surface area contributed by atoms with Crippen LogP contribution in [0.2, 0.25) is 5.02 Å². The lowest BCUT2D eigenvalue weighted by Gasteiger charge is -2.23. The number of piperidine rings is 1. The lowest BCUT2D eigenvalue weighted by Crippen LogP contribution is -2.33. The highest BCUT2D eigenvalue weighted by atomic mass is 35.5. The number of ether oxygens (including phenoxy) is 1. The minimum atomic E-state index is 0.166. The molecular weight excluding hydrogens is 288 g/mol. The van der Waals surface area contributed by atoms with E-state index in [4.69, 9.17) is 16.3 Å². The van der Waals surface area contributed by atoms with Gasteiger partial charge in [0.1, 0.15) is 5.75 Å². The van der Waals surface area contributed by atoms with Crippen molar-refractivity contribution in [3.05, 3.63) is 28.8 Å². The first-order chi connectivity index (χ1) is 10.1. The van der Waals surface area contributed by atoms with Crippen LogP contribution in [-0.2, 0) is 11.3 Å². The van der Waals surface area contributed by atoms with E-state index in [-0.39, 0.29) is 17.2 Å². The first-order valence-corrected chi connectivity index (χ1v) is 7.83. The highest BCUT2D eigenvalue weighted by molar-refractivity contribution is 6.30. The van der Waals surface area contributed by atoms with Gasteiger partial charge in [0.2, 0.25) is 5.91 Å². The van der Waals surface area contributed by atoms with Crippen LogP contribution in [-0.4, -0.2) is 26.1 Å². The van der Waals surface area contributed by atoms with Crippen LogP contribution in [0.5, 0.6) is 5.75 Å². The van der Waals surface area contributed by atoms with Crippen LogP contribution < -0.4 is 15.4 Å². The van der Waals surface area contributed by atoms with Gasteiger partial charge in [0.25, 0.3) is 0 Å². The fourth-order valence-electron chi connectivity index (χ4n) is 3.39. The second kappa shape index (κ2) is 5.85. The Morgan fingerprint density at radius 1 is 1.48 bits per heavy atom. The number of amides is 1. The van der Waals surface area contributed by atoms with Gasteiger partial charge in [-0.15, -0.1) is 0 Å². The number of rotatable bonds is 4. The molecule has 1 amide bonds. The van der Waals surface area contributed by atoms with Gasteiger partial charge in [-0.25, -0.2) is 0 Å². The lowest BCUT2D eigenvalue weighted by atomic mass is 9.92. The maximum Gasteiger partial charge on any atom is 0.223 e. The zero-order valence-corrected chi connectivity index (χ0v) is 13.0. The first-order valence-electron chi connectivity index (χ1n) is 7.45. The van der Waals surface area contributed by atoms with Crippen molar-refractivity contribution < 1.29 is 9.53 Å². The van der Waals surface area contributed by atoms with E-state index in [1.165, 1.54) is 0 Å². The number of halogens is 1. The summed E-state index contributed by atoms with van der Waals surface area (Å²) in [6.45, 7) is 2.53. The Bertz CT molecular complexity index is 541. The van der Waals surface area contributed by atoms with Crippen molar-refractivity contribution in [3.8, 4) is 5.75 Å². The van der Waals surface area contributed by atoms with Crippen molar-refractivity contribution in [1.82, 2.24) is 10.6 Å². The average Bonchev–Trinajstić information content (AvgIpc) is 3.19. The van der Waals surface area contributed by atoms with Gasteiger partial charge in [-0.3, -0.25) is 4.79 Å². The maximum absolute atomic E-state index is 12.3. The molecule has 1 unspecified atom stereocenters. The van der Waals surface area contributed by atoms with E-state index in [1.54, 1.807) is 13.2 Å². The predicted octanol–water partition coefficient (Wildman–Crippen LogP) is 2.35. The highest BCUT2D eigenvalue weighted by Gasteiger charge is 2.57. The van der Waals surface area contributed by atoms with Gasteiger partial charge < -0.3 is 15.4 Å². The third kappa shape index (κ3) is 3.01. The fraction of sp³-hybridized carbons (Fsp3) is 0.562.